The molecule has 7 nitrogen and oxygen atoms in total. The van der Waals surface area contributed by atoms with Gasteiger partial charge >= 0.3 is 0 Å². The topological polar surface area (TPSA) is 85.9 Å². The van der Waals surface area contributed by atoms with Gasteiger partial charge in [0.25, 0.3) is 11.8 Å². The van der Waals surface area contributed by atoms with Gasteiger partial charge in [-0.1, -0.05) is 18.2 Å². The van der Waals surface area contributed by atoms with E-state index in [0.29, 0.717) is 28.6 Å². The summed E-state index contributed by atoms with van der Waals surface area (Å²) in [5.74, 6) is 0.893. The normalized spacial score (nSPS) is 15.4. The van der Waals surface area contributed by atoms with Gasteiger partial charge in [-0.25, -0.2) is 0 Å². The van der Waals surface area contributed by atoms with E-state index in [1.54, 1.807) is 43.3 Å². The van der Waals surface area contributed by atoms with Crippen molar-refractivity contribution in [3.8, 4) is 17.2 Å². The van der Waals surface area contributed by atoms with Crippen LogP contribution in [0.2, 0.25) is 0 Å². The molecule has 0 saturated carbocycles. The van der Waals surface area contributed by atoms with Crippen LogP contribution in [-0.2, 0) is 9.59 Å². The smallest absolute Gasteiger partial charge is 0.265 e. The zero-order valence-electron chi connectivity index (χ0n) is 13.9. The van der Waals surface area contributed by atoms with E-state index in [2.05, 4.69) is 10.6 Å². The first-order valence-electron chi connectivity index (χ1n) is 7.74. The maximum atomic E-state index is 12.2. The number of hydrogen-bond acceptors (Lipinski definition) is 5. The molecule has 0 radical (unpaired) electrons. The highest BCUT2D eigenvalue weighted by Crippen LogP contribution is 2.36. The molecule has 0 aromatic heterocycles. The molecule has 2 aromatic carbocycles. The largest absolute Gasteiger partial charge is 0.493 e. The molecule has 7 heteroatoms. The average Bonchev–Trinajstić information content (AvgIpc) is 2.62. The van der Waals surface area contributed by atoms with Crippen molar-refractivity contribution in [3.63, 3.8) is 0 Å². The number of rotatable bonds is 5. The minimum atomic E-state index is -0.577. The maximum Gasteiger partial charge on any atom is 0.265 e. The van der Waals surface area contributed by atoms with Crippen molar-refractivity contribution in [1.82, 2.24) is 0 Å². The molecule has 0 aliphatic carbocycles. The average molecular weight is 342 g/mol. The van der Waals surface area contributed by atoms with E-state index in [1.165, 1.54) is 7.11 Å². The van der Waals surface area contributed by atoms with Crippen LogP contribution in [0.25, 0.3) is 0 Å². The number of carbonyl (C=O) groups excluding carboxylic acids is 2. The van der Waals surface area contributed by atoms with Crippen molar-refractivity contribution in [2.75, 3.05) is 24.4 Å². The highest BCUT2D eigenvalue weighted by molar-refractivity contribution is 6.04. The van der Waals surface area contributed by atoms with Crippen molar-refractivity contribution in [3.05, 3.63) is 42.5 Å². The van der Waals surface area contributed by atoms with Gasteiger partial charge in [0.15, 0.2) is 24.2 Å². The zero-order valence-corrected chi connectivity index (χ0v) is 13.9. The predicted octanol–water partition coefficient (Wildman–Crippen LogP) is 2.43. The number of nitrogens with one attached hydrogen (secondary N) is 2. The number of methoxy groups -OCH3 is 1. The number of ether oxygens (including phenoxy) is 3. The molecule has 0 bridgehead atoms. The molecule has 130 valence electrons. The third-order valence-electron chi connectivity index (χ3n) is 3.65. The van der Waals surface area contributed by atoms with E-state index in [9.17, 15) is 9.59 Å². The lowest BCUT2D eigenvalue weighted by Gasteiger charge is -2.25. The Kier molecular flexibility index (Phi) is 4.74. The summed E-state index contributed by atoms with van der Waals surface area (Å²) in [6.07, 6.45) is -0.577. The van der Waals surface area contributed by atoms with Crippen molar-refractivity contribution in [2.45, 2.75) is 13.0 Å². The summed E-state index contributed by atoms with van der Waals surface area (Å²) in [6, 6.07) is 12.2. The molecule has 0 spiro atoms. The van der Waals surface area contributed by atoms with Gasteiger partial charge in [-0.3, -0.25) is 9.59 Å². The van der Waals surface area contributed by atoms with Crippen LogP contribution in [0, 0.1) is 0 Å². The Morgan fingerprint density at radius 1 is 1.20 bits per heavy atom. The van der Waals surface area contributed by atoms with Crippen molar-refractivity contribution >= 4 is 23.2 Å². The van der Waals surface area contributed by atoms with Crippen molar-refractivity contribution in [1.29, 1.82) is 0 Å². The quantitative estimate of drug-likeness (QED) is 0.872. The van der Waals surface area contributed by atoms with Crippen LogP contribution < -0.4 is 24.8 Å². The van der Waals surface area contributed by atoms with Gasteiger partial charge in [-0.05, 0) is 31.2 Å². The number of carbonyl (C=O) groups is 2. The number of para-hydroxylation sites is 3. The van der Waals surface area contributed by atoms with E-state index in [1.807, 2.05) is 6.07 Å². The fraction of sp³-hybridized carbons (Fsp3) is 0.222. The molecule has 1 aliphatic rings. The van der Waals surface area contributed by atoms with Gasteiger partial charge in [0.05, 0.1) is 12.8 Å². The van der Waals surface area contributed by atoms with Crippen LogP contribution in [0.3, 0.4) is 0 Å². The summed E-state index contributed by atoms with van der Waals surface area (Å²) < 4.78 is 16.2. The van der Waals surface area contributed by atoms with Crippen LogP contribution in [0.4, 0.5) is 11.4 Å². The van der Waals surface area contributed by atoms with E-state index in [4.69, 9.17) is 14.2 Å². The number of fused-ring (bicyclic) bond motifs is 1. The lowest BCUT2D eigenvalue weighted by atomic mass is 10.2. The van der Waals surface area contributed by atoms with E-state index in [0.717, 1.165) is 0 Å². The highest BCUT2D eigenvalue weighted by atomic mass is 16.5. The Bertz CT molecular complexity index is 806. The molecular weight excluding hydrogens is 324 g/mol. The second-order valence-electron chi connectivity index (χ2n) is 5.42. The third kappa shape index (κ3) is 3.65. The highest BCUT2D eigenvalue weighted by Gasteiger charge is 2.25. The summed E-state index contributed by atoms with van der Waals surface area (Å²) in [4.78, 5) is 24.0. The Balaban J connectivity index is 1.68. The molecule has 2 aromatic rings. The predicted molar refractivity (Wildman–Crippen MR) is 92.3 cm³/mol. The van der Waals surface area contributed by atoms with E-state index < -0.39 is 6.10 Å². The summed E-state index contributed by atoms with van der Waals surface area (Å²) >= 11 is 0. The second-order valence-corrected chi connectivity index (χ2v) is 5.42. The monoisotopic (exact) mass is 342 g/mol. The first kappa shape index (κ1) is 16.6. The lowest BCUT2D eigenvalue weighted by Crippen LogP contribution is -2.35. The number of anilines is 2. The number of benzene rings is 2. The molecule has 2 N–H and O–H groups in total. The first-order chi connectivity index (χ1) is 12.1. The van der Waals surface area contributed by atoms with Crippen LogP contribution >= 0.6 is 0 Å². The summed E-state index contributed by atoms with van der Waals surface area (Å²) in [7, 11) is 1.53. The second kappa shape index (κ2) is 7.12. The first-order valence-corrected chi connectivity index (χ1v) is 7.74. The van der Waals surface area contributed by atoms with Gasteiger partial charge in [-0.15, -0.1) is 0 Å². The third-order valence-corrected chi connectivity index (χ3v) is 3.65. The van der Waals surface area contributed by atoms with Crippen LogP contribution in [-0.4, -0.2) is 31.6 Å². The van der Waals surface area contributed by atoms with Crippen LogP contribution in [0.5, 0.6) is 17.2 Å². The fourth-order valence-electron chi connectivity index (χ4n) is 2.40. The number of amides is 2. The van der Waals surface area contributed by atoms with Crippen LogP contribution in [0.1, 0.15) is 6.92 Å². The molecule has 1 aliphatic heterocycles. The summed E-state index contributed by atoms with van der Waals surface area (Å²) in [5.41, 5.74) is 0.891. The molecule has 1 unspecified atom stereocenters. The number of hydrogen-bond donors (Lipinski definition) is 2. The Hall–Kier alpha value is -3.22. The summed E-state index contributed by atoms with van der Waals surface area (Å²) in [5, 5.41) is 5.45. The van der Waals surface area contributed by atoms with Crippen molar-refractivity contribution in [2.24, 2.45) is 0 Å². The molecule has 2 amide bonds. The van der Waals surface area contributed by atoms with Gasteiger partial charge in [0.2, 0.25) is 0 Å². The minimum absolute atomic E-state index is 0.199. The Morgan fingerprint density at radius 2 is 1.96 bits per heavy atom. The van der Waals surface area contributed by atoms with E-state index >= 15 is 0 Å². The Morgan fingerprint density at radius 3 is 2.72 bits per heavy atom. The standard InChI is InChI=1S/C18H18N2O5/c1-11-18(22)20-17-12(6-5-9-15(17)25-11)19-16(21)10-24-14-8-4-3-7-13(14)23-2/h3-9,11H,10H2,1-2H3,(H,19,21)(H,20,22). The lowest BCUT2D eigenvalue weighted by molar-refractivity contribution is -0.122. The van der Waals surface area contributed by atoms with Crippen molar-refractivity contribution < 1.29 is 23.8 Å². The molecule has 1 atom stereocenters. The molecular formula is C18H18N2O5. The fourth-order valence-corrected chi connectivity index (χ4v) is 2.40. The zero-order chi connectivity index (χ0) is 17.8. The summed E-state index contributed by atoms with van der Waals surface area (Å²) in [6.45, 7) is 1.46. The molecule has 25 heavy (non-hydrogen) atoms. The Labute approximate surface area is 144 Å². The SMILES string of the molecule is COc1ccccc1OCC(=O)Nc1cccc2c1NC(=O)C(C)O2. The molecule has 1 heterocycles. The van der Waals surface area contributed by atoms with Gasteiger partial charge in [0.1, 0.15) is 11.4 Å². The van der Waals surface area contributed by atoms with Gasteiger partial charge in [0, 0.05) is 0 Å². The van der Waals surface area contributed by atoms with Gasteiger partial charge in [-0.2, -0.15) is 0 Å². The van der Waals surface area contributed by atoms with Gasteiger partial charge < -0.3 is 24.8 Å². The van der Waals surface area contributed by atoms with Crippen LogP contribution in [0.15, 0.2) is 42.5 Å². The molecule has 0 saturated heterocycles. The molecule has 0 fully saturated rings. The van der Waals surface area contributed by atoms with E-state index in [-0.39, 0.29) is 18.4 Å². The minimum Gasteiger partial charge on any atom is -0.493 e. The molecule has 3 rings (SSSR count). The maximum absolute atomic E-state index is 12.2.